The van der Waals surface area contributed by atoms with Crippen LogP contribution in [0.2, 0.25) is 0 Å². The molecule has 7 heteroatoms. The van der Waals surface area contributed by atoms with E-state index in [2.05, 4.69) is 26.7 Å². The number of halogens is 1. The molecule has 0 N–H and O–H groups in total. The molecule has 3 heterocycles. The van der Waals surface area contributed by atoms with Gasteiger partial charge in [0.2, 0.25) is 0 Å². The first-order valence-electron chi connectivity index (χ1n) is 10.5. The van der Waals surface area contributed by atoms with Crippen LogP contribution in [0.4, 0.5) is 15.9 Å². The standard InChI is InChI=1S/C22H28FN5O/c1-2-18-5-3-4-10-28(18)21-16-24-20(15-25-21)22(29)27-13-11-26(12-14-27)19-8-6-17(23)7-9-19/h6-9,15-16,18H,2-5,10-14H2,1H3. The van der Waals surface area contributed by atoms with E-state index < -0.39 is 0 Å². The lowest BCUT2D eigenvalue weighted by atomic mass is 10.0. The summed E-state index contributed by atoms with van der Waals surface area (Å²) in [6.07, 6.45) is 8.10. The molecular weight excluding hydrogens is 369 g/mol. The van der Waals surface area contributed by atoms with Gasteiger partial charge in [0.25, 0.3) is 5.91 Å². The van der Waals surface area contributed by atoms with Gasteiger partial charge in [-0.2, -0.15) is 0 Å². The van der Waals surface area contributed by atoms with Gasteiger partial charge in [-0.1, -0.05) is 6.92 Å². The second-order valence-electron chi connectivity index (χ2n) is 7.77. The van der Waals surface area contributed by atoms with Crippen molar-refractivity contribution >= 4 is 17.4 Å². The van der Waals surface area contributed by atoms with Crippen LogP contribution in [0.3, 0.4) is 0 Å². The number of piperazine rings is 1. The number of aromatic nitrogens is 2. The van der Waals surface area contributed by atoms with Crippen LogP contribution in [0.25, 0.3) is 0 Å². The Morgan fingerprint density at radius 3 is 2.45 bits per heavy atom. The van der Waals surface area contributed by atoms with Crippen molar-refractivity contribution in [3.63, 3.8) is 0 Å². The Morgan fingerprint density at radius 2 is 1.79 bits per heavy atom. The molecule has 29 heavy (non-hydrogen) atoms. The number of anilines is 2. The van der Waals surface area contributed by atoms with Gasteiger partial charge in [-0.15, -0.1) is 0 Å². The number of nitrogens with zero attached hydrogens (tertiary/aromatic N) is 5. The molecule has 2 aromatic rings. The Hall–Kier alpha value is -2.70. The molecule has 6 nitrogen and oxygen atoms in total. The number of carbonyl (C=O) groups excluding carboxylic acids is 1. The molecule has 2 aliphatic rings. The van der Waals surface area contributed by atoms with Crippen LogP contribution >= 0.6 is 0 Å². The first-order chi connectivity index (χ1) is 14.2. The Kier molecular flexibility index (Phi) is 5.92. The lowest BCUT2D eigenvalue weighted by Gasteiger charge is -2.36. The fourth-order valence-electron chi connectivity index (χ4n) is 4.29. The highest BCUT2D eigenvalue weighted by Gasteiger charge is 2.25. The summed E-state index contributed by atoms with van der Waals surface area (Å²) in [6.45, 7) is 5.88. The summed E-state index contributed by atoms with van der Waals surface area (Å²) >= 11 is 0. The van der Waals surface area contributed by atoms with Crippen molar-refractivity contribution in [1.29, 1.82) is 0 Å². The molecule has 0 bridgehead atoms. The summed E-state index contributed by atoms with van der Waals surface area (Å²) < 4.78 is 13.1. The van der Waals surface area contributed by atoms with E-state index in [0.29, 0.717) is 24.8 Å². The number of hydrogen-bond acceptors (Lipinski definition) is 5. The van der Waals surface area contributed by atoms with Crippen molar-refractivity contribution in [3.05, 3.63) is 48.2 Å². The molecule has 2 aliphatic heterocycles. The predicted octanol–water partition coefficient (Wildman–Crippen LogP) is 3.35. The number of carbonyl (C=O) groups is 1. The van der Waals surface area contributed by atoms with Crippen molar-refractivity contribution in [1.82, 2.24) is 14.9 Å². The van der Waals surface area contributed by atoms with Gasteiger partial charge in [0, 0.05) is 44.5 Å². The highest BCUT2D eigenvalue weighted by molar-refractivity contribution is 5.92. The van der Waals surface area contributed by atoms with E-state index in [-0.39, 0.29) is 11.7 Å². The molecule has 2 fully saturated rings. The van der Waals surface area contributed by atoms with Gasteiger partial charge in [0.15, 0.2) is 0 Å². The SMILES string of the molecule is CCC1CCCCN1c1cnc(C(=O)N2CCN(c3ccc(F)cc3)CC2)cn1. The Bertz CT molecular complexity index is 818. The Balaban J connectivity index is 1.37. The van der Waals surface area contributed by atoms with Crippen molar-refractivity contribution in [2.75, 3.05) is 42.5 Å². The summed E-state index contributed by atoms with van der Waals surface area (Å²) in [6, 6.07) is 7.01. The normalized spacial score (nSPS) is 20.1. The third kappa shape index (κ3) is 4.33. The van der Waals surface area contributed by atoms with Crippen LogP contribution in [-0.2, 0) is 0 Å². The second kappa shape index (κ2) is 8.76. The number of benzene rings is 1. The van der Waals surface area contributed by atoms with E-state index in [4.69, 9.17) is 0 Å². The van der Waals surface area contributed by atoms with E-state index in [1.165, 1.54) is 31.4 Å². The minimum absolute atomic E-state index is 0.0755. The molecule has 2 saturated heterocycles. The van der Waals surface area contributed by atoms with Crippen LogP contribution in [0.15, 0.2) is 36.7 Å². The molecule has 0 radical (unpaired) electrons. The quantitative estimate of drug-likeness (QED) is 0.792. The molecule has 1 unspecified atom stereocenters. The molecule has 0 aliphatic carbocycles. The highest BCUT2D eigenvalue weighted by atomic mass is 19.1. The first kappa shape index (κ1) is 19.6. The maximum absolute atomic E-state index is 13.1. The van der Waals surface area contributed by atoms with Crippen molar-refractivity contribution in [2.45, 2.75) is 38.6 Å². The average Bonchev–Trinajstić information content (AvgIpc) is 2.79. The number of piperidine rings is 1. The minimum Gasteiger partial charge on any atom is -0.368 e. The molecule has 4 rings (SSSR count). The molecule has 1 amide bonds. The lowest BCUT2D eigenvalue weighted by Crippen LogP contribution is -2.49. The fraction of sp³-hybridized carbons (Fsp3) is 0.500. The number of hydrogen-bond donors (Lipinski definition) is 0. The van der Waals surface area contributed by atoms with E-state index in [9.17, 15) is 9.18 Å². The first-order valence-corrected chi connectivity index (χ1v) is 10.5. The van der Waals surface area contributed by atoms with Gasteiger partial charge >= 0.3 is 0 Å². The van der Waals surface area contributed by atoms with E-state index in [1.54, 1.807) is 24.5 Å². The van der Waals surface area contributed by atoms with Crippen LogP contribution in [0.1, 0.15) is 43.1 Å². The average molecular weight is 397 g/mol. The van der Waals surface area contributed by atoms with Crippen LogP contribution in [0.5, 0.6) is 0 Å². The third-order valence-electron chi connectivity index (χ3n) is 6.01. The summed E-state index contributed by atoms with van der Waals surface area (Å²) in [5.41, 5.74) is 1.38. The van der Waals surface area contributed by atoms with Crippen molar-refractivity contribution in [3.8, 4) is 0 Å². The third-order valence-corrected chi connectivity index (χ3v) is 6.01. The minimum atomic E-state index is -0.237. The van der Waals surface area contributed by atoms with Gasteiger partial charge < -0.3 is 14.7 Å². The molecule has 1 atom stereocenters. The van der Waals surface area contributed by atoms with Crippen LogP contribution in [0, 0.1) is 5.82 Å². The zero-order chi connectivity index (χ0) is 20.2. The highest BCUT2D eigenvalue weighted by Crippen LogP contribution is 2.24. The van der Waals surface area contributed by atoms with Gasteiger partial charge in [-0.25, -0.2) is 14.4 Å². The van der Waals surface area contributed by atoms with E-state index in [1.807, 2.05) is 4.90 Å². The Morgan fingerprint density at radius 1 is 1.03 bits per heavy atom. The molecule has 0 spiro atoms. The zero-order valence-corrected chi connectivity index (χ0v) is 16.9. The topological polar surface area (TPSA) is 52.6 Å². The molecule has 1 aromatic carbocycles. The lowest BCUT2D eigenvalue weighted by molar-refractivity contribution is 0.0740. The predicted molar refractivity (Wildman–Crippen MR) is 112 cm³/mol. The summed E-state index contributed by atoms with van der Waals surface area (Å²) in [5.74, 6) is 0.558. The van der Waals surface area contributed by atoms with Gasteiger partial charge in [0.05, 0.1) is 12.4 Å². The summed E-state index contributed by atoms with van der Waals surface area (Å²) in [5, 5.41) is 0. The molecule has 1 aromatic heterocycles. The molecule has 154 valence electrons. The smallest absolute Gasteiger partial charge is 0.274 e. The van der Waals surface area contributed by atoms with Crippen molar-refractivity contribution in [2.24, 2.45) is 0 Å². The fourth-order valence-corrected chi connectivity index (χ4v) is 4.29. The Labute approximate surface area is 171 Å². The zero-order valence-electron chi connectivity index (χ0n) is 16.9. The van der Waals surface area contributed by atoms with Crippen LogP contribution in [-0.4, -0.2) is 59.5 Å². The van der Waals surface area contributed by atoms with Crippen molar-refractivity contribution < 1.29 is 9.18 Å². The maximum atomic E-state index is 13.1. The maximum Gasteiger partial charge on any atom is 0.274 e. The summed E-state index contributed by atoms with van der Waals surface area (Å²) in [4.78, 5) is 28.1. The van der Waals surface area contributed by atoms with E-state index in [0.717, 1.165) is 37.6 Å². The molecule has 0 saturated carbocycles. The van der Waals surface area contributed by atoms with Crippen LogP contribution < -0.4 is 9.80 Å². The van der Waals surface area contributed by atoms with Gasteiger partial charge in [-0.3, -0.25) is 4.79 Å². The summed E-state index contributed by atoms with van der Waals surface area (Å²) in [7, 11) is 0. The monoisotopic (exact) mass is 397 g/mol. The molecular formula is C22H28FN5O. The number of amides is 1. The van der Waals surface area contributed by atoms with Gasteiger partial charge in [0.1, 0.15) is 17.3 Å². The largest absolute Gasteiger partial charge is 0.368 e. The number of rotatable bonds is 4. The van der Waals surface area contributed by atoms with Gasteiger partial charge in [-0.05, 0) is 49.9 Å². The van der Waals surface area contributed by atoms with E-state index >= 15 is 0 Å². The second-order valence-corrected chi connectivity index (χ2v) is 7.77.